The van der Waals surface area contributed by atoms with E-state index in [0.717, 1.165) is 0 Å². The third-order valence-electron chi connectivity index (χ3n) is 2.74. The number of nitrogens with zero attached hydrogens (tertiary/aromatic N) is 1. The fourth-order valence-corrected chi connectivity index (χ4v) is 2.10. The molecule has 0 radical (unpaired) electrons. The lowest BCUT2D eigenvalue weighted by Crippen LogP contribution is -2.29. The molecule has 0 bridgehead atoms. The second-order valence-corrected chi connectivity index (χ2v) is 5.98. The number of hydrogen-bond acceptors (Lipinski definition) is 4. The number of aromatic nitrogens is 1. The molecule has 2 aromatic rings. The molecule has 0 atom stereocenters. The molecule has 6 heteroatoms. The zero-order chi connectivity index (χ0) is 15.8. The first-order chi connectivity index (χ1) is 9.73. The Morgan fingerprint density at radius 3 is 2.43 bits per heavy atom. The van der Waals surface area contributed by atoms with Crippen molar-refractivity contribution in [3.8, 4) is 0 Å². The van der Waals surface area contributed by atoms with E-state index in [-0.39, 0.29) is 5.69 Å². The molecule has 1 aromatic carbocycles. The average molecular weight is 310 g/mol. The minimum absolute atomic E-state index is 0.101. The number of carbonyl (C=O) groups is 2. The Morgan fingerprint density at radius 2 is 1.86 bits per heavy atom. The number of halogens is 1. The van der Waals surface area contributed by atoms with Crippen LogP contribution in [-0.2, 0) is 9.47 Å². The van der Waals surface area contributed by atoms with E-state index in [1.165, 1.54) is 11.7 Å². The first-order valence-electron chi connectivity index (χ1n) is 6.35. The normalized spacial score (nSPS) is 11.5. The van der Waals surface area contributed by atoms with Crippen LogP contribution < -0.4 is 0 Å². The molecule has 2 rings (SSSR count). The Morgan fingerprint density at radius 1 is 1.19 bits per heavy atom. The quantitative estimate of drug-likeness (QED) is 0.750. The number of methoxy groups -OCH3 is 1. The van der Waals surface area contributed by atoms with Crippen molar-refractivity contribution in [1.82, 2.24) is 4.57 Å². The van der Waals surface area contributed by atoms with Crippen LogP contribution in [0.2, 0.25) is 5.02 Å². The third-order valence-corrected chi connectivity index (χ3v) is 2.97. The topological polar surface area (TPSA) is 57.5 Å². The van der Waals surface area contributed by atoms with Crippen molar-refractivity contribution in [3.63, 3.8) is 0 Å². The molecule has 0 unspecified atom stereocenters. The van der Waals surface area contributed by atoms with Gasteiger partial charge in [0.15, 0.2) is 0 Å². The van der Waals surface area contributed by atoms with Crippen molar-refractivity contribution in [2.24, 2.45) is 0 Å². The van der Waals surface area contributed by atoms with E-state index in [1.807, 2.05) is 0 Å². The monoisotopic (exact) mass is 309 g/mol. The van der Waals surface area contributed by atoms with E-state index in [1.54, 1.807) is 45.0 Å². The van der Waals surface area contributed by atoms with E-state index in [2.05, 4.69) is 0 Å². The minimum atomic E-state index is -0.681. The standard InChI is InChI=1S/C15H16ClNO4/c1-15(2,3)21-14(19)17-11-8-10(16)6-5-9(11)7-12(17)13(18)20-4/h5-8H,1-4H3. The molecule has 0 aliphatic rings. The second kappa shape index (κ2) is 5.41. The summed E-state index contributed by atoms with van der Waals surface area (Å²) in [6.45, 7) is 5.25. The van der Waals surface area contributed by atoms with Crippen LogP contribution in [0.1, 0.15) is 31.3 Å². The molecule has 1 heterocycles. The van der Waals surface area contributed by atoms with Gasteiger partial charge in [-0.15, -0.1) is 0 Å². The Kier molecular flexibility index (Phi) is 3.96. The highest BCUT2D eigenvalue weighted by atomic mass is 35.5. The summed E-state index contributed by atoms with van der Waals surface area (Å²) >= 11 is 5.97. The van der Waals surface area contributed by atoms with Crippen LogP contribution in [0.25, 0.3) is 10.9 Å². The van der Waals surface area contributed by atoms with Crippen LogP contribution in [0.15, 0.2) is 24.3 Å². The van der Waals surface area contributed by atoms with Crippen LogP contribution in [0.4, 0.5) is 4.79 Å². The number of carbonyl (C=O) groups excluding carboxylic acids is 2. The molecule has 5 nitrogen and oxygen atoms in total. The number of benzene rings is 1. The van der Waals surface area contributed by atoms with E-state index < -0.39 is 17.7 Å². The predicted octanol–water partition coefficient (Wildman–Crippen LogP) is 3.86. The minimum Gasteiger partial charge on any atom is -0.464 e. The maximum Gasteiger partial charge on any atom is 0.419 e. The van der Waals surface area contributed by atoms with E-state index in [0.29, 0.717) is 15.9 Å². The van der Waals surface area contributed by atoms with Crippen LogP contribution in [0.3, 0.4) is 0 Å². The van der Waals surface area contributed by atoms with Crippen LogP contribution in [0, 0.1) is 0 Å². The lowest BCUT2D eigenvalue weighted by Gasteiger charge is -2.20. The Bertz CT molecular complexity index is 712. The number of rotatable bonds is 1. The number of ether oxygens (including phenoxy) is 2. The van der Waals surface area contributed by atoms with Gasteiger partial charge in [-0.05, 0) is 39.0 Å². The van der Waals surface area contributed by atoms with Crippen molar-refractivity contribution in [2.45, 2.75) is 26.4 Å². The fraction of sp³-hybridized carbons (Fsp3) is 0.333. The molecule has 0 fully saturated rings. The third kappa shape index (κ3) is 3.19. The summed E-state index contributed by atoms with van der Waals surface area (Å²) in [6.07, 6.45) is -0.653. The van der Waals surface area contributed by atoms with Crippen molar-refractivity contribution in [2.75, 3.05) is 7.11 Å². The van der Waals surface area contributed by atoms with Gasteiger partial charge >= 0.3 is 12.1 Å². The Hall–Kier alpha value is -2.01. The van der Waals surface area contributed by atoms with E-state index >= 15 is 0 Å². The molecular formula is C15H16ClNO4. The fourth-order valence-electron chi connectivity index (χ4n) is 1.93. The Balaban J connectivity index is 2.65. The molecule has 0 aliphatic heterocycles. The maximum atomic E-state index is 12.4. The average Bonchev–Trinajstić information content (AvgIpc) is 2.74. The van der Waals surface area contributed by atoms with Gasteiger partial charge in [-0.1, -0.05) is 17.7 Å². The van der Waals surface area contributed by atoms with Crippen molar-refractivity contribution >= 4 is 34.6 Å². The van der Waals surface area contributed by atoms with Gasteiger partial charge in [-0.2, -0.15) is 0 Å². The molecule has 0 saturated heterocycles. The van der Waals surface area contributed by atoms with E-state index in [4.69, 9.17) is 21.1 Å². The van der Waals surface area contributed by atoms with Crippen LogP contribution >= 0.6 is 11.6 Å². The van der Waals surface area contributed by atoms with Crippen LogP contribution in [-0.4, -0.2) is 29.3 Å². The van der Waals surface area contributed by atoms with E-state index in [9.17, 15) is 9.59 Å². The van der Waals surface area contributed by atoms with Crippen molar-refractivity contribution in [1.29, 1.82) is 0 Å². The summed E-state index contributed by atoms with van der Waals surface area (Å²) in [5.41, 5.74) is -0.0826. The highest BCUT2D eigenvalue weighted by molar-refractivity contribution is 6.31. The van der Waals surface area contributed by atoms with Gasteiger partial charge in [-0.3, -0.25) is 0 Å². The second-order valence-electron chi connectivity index (χ2n) is 5.54. The molecular weight excluding hydrogens is 294 g/mol. The first-order valence-corrected chi connectivity index (χ1v) is 6.73. The molecule has 1 aromatic heterocycles. The van der Waals surface area contributed by atoms with Crippen LogP contribution in [0.5, 0.6) is 0 Å². The molecule has 112 valence electrons. The van der Waals surface area contributed by atoms with Crippen molar-refractivity contribution < 1.29 is 19.1 Å². The van der Waals surface area contributed by atoms with Gasteiger partial charge in [0.25, 0.3) is 0 Å². The Labute approximate surface area is 127 Å². The molecule has 0 amide bonds. The lowest BCUT2D eigenvalue weighted by atomic mass is 10.2. The summed E-state index contributed by atoms with van der Waals surface area (Å²) in [7, 11) is 1.26. The van der Waals surface area contributed by atoms with Gasteiger partial charge in [0.1, 0.15) is 11.3 Å². The van der Waals surface area contributed by atoms with Gasteiger partial charge in [-0.25, -0.2) is 14.2 Å². The summed E-state index contributed by atoms with van der Waals surface area (Å²) in [5.74, 6) is -0.617. The summed E-state index contributed by atoms with van der Waals surface area (Å²) < 4.78 is 11.2. The molecule has 21 heavy (non-hydrogen) atoms. The number of esters is 1. The summed E-state index contributed by atoms with van der Waals surface area (Å²) in [4.78, 5) is 24.3. The lowest BCUT2D eigenvalue weighted by molar-refractivity contribution is 0.0490. The number of hydrogen-bond donors (Lipinski definition) is 0. The predicted molar refractivity (Wildman–Crippen MR) is 79.9 cm³/mol. The first kappa shape index (κ1) is 15.4. The molecule has 0 aliphatic carbocycles. The number of fused-ring (bicyclic) bond motifs is 1. The zero-order valence-corrected chi connectivity index (χ0v) is 13.0. The molecule has 0 N–H and O–H groups in total. The largest absolute Gasteiger partial charge is 0.464 e. The SMILES string of the molecule is COC(=O)c1cc2ccc(Cl)cc2n1C(=O)OC(C)(C)C. The zero-order valence-electron chi connectivity index (χ0n) is 12.3. The summed E-state index contributed by atoms with van der Waals surface area (Å²) in [6, 6.07) is 6.59. The molecule has 0 spiro atoms. The smallest absolute Gasteiger partial charge is 0.419 e. The molecule has 0 saturated carbocycles. The van der Waals surface area contributed by atoms with Crippen molar-refractivity contribution in [3.05, 3.63) is 35.0 Å². The highest BCUT2D eigenvalue weighted by Crippen LogP contribution is 2.25. The summed E-state index contributed by atoms with van der Waals surface area (Å²) in [5, 5.41) is 1.16. The van der Waals surface area contributed by atoms with Gasteiger partial charge < -0.3 is 9.47 Å². The van der Waals surface area contributed by atoms with Gasteiger partial charge in [0.2, 0.25) is 0 Å². The van der Waals surface area contributed by atoms with Gasteiger partial charge in [0.05, 0.1) is 12.6 Å². The maximum absolute atomic E-state index is 12.4. The highest BCUT2D eigenvalue weighted by Gasteiger charge is 2.25. The van der Waals surface area contributed by atoms with Gasteiger partial charge in [0, 0.05) is 10.4 Å².